The van der Waals surface area contributed by atoms with E-state index in [1.807, 2.05) is 54.4 Å². The van der Waals surface area contributed by atoms with Crippen molar-refractivity contribution in [3.8, 4) is 11.5 Å². The number of thioether (sulfide) groups is 1. The van der Waals surface area contributed by atoms with E-state index in [0.29, 0.717) is 46.3 Å². The van der Waals surface area contributed by atoms with Crippen LogP contribution in [0.4, 0.5) is 5.82 Å². The lowest BCUT2D eigenvalue weighted by Gasteiger charge is -2.19. The number of ether oxygens (including phenoxy) is 3. The first-order chi connectivity index (χ1) is 17.9. The summed E-state index contributed by atoms with van der Waals surface area (Å²) in [6.45, 7) is 1.95. The maximum Gasteiger partial charge on any atom is 0.251 e. The molecule has 0 fully saturated rings. The molecule has 3 aromatic rings. The summed E-state index contributed by atoms with van der Waals surface area (Å²) in [5.41, 5.74) is 2.82. The summed E-state index contributed by atoms with van der Waals surface area (Å²) >= 11 is 7.81. The van der Waals surface area contributed by atoms with Crippen molar-refractivity contribution >= 4 is 35.1 Å². The van der Waals surface area contributed by atoms with Crippen LogP contribution in [0.5, 0.6) is 11.5 Å². The van der Waals surface area contributed by atoms with Gasteiger partial charge >= 0.3 is 0 Å². The molecule has 37 heavy (non-hydrogen) atoms. The molecule has 10 heteroatoms. The van der Waals surface area contributed by atoms with Crippen LogP contribution in [0.2, 0.25) is 5.15 Å². The van der Waals surface area contributed by atoms with Crippen LogP contribution in [0.25, 0.3) is 0 Å². The van der Waals surface area contributed by atoms with Crippen molar-refractivity contribution in [3.63, 3.8) is 0 Å². The number of hydrogen-bond acceptors (Lipinski definition) is 8. The van der Waals surface area contributed by atoms with Crippen LogP contribution in [-0.4, -0.2) is 63.9 Å². The van der Waals surface area contributed by atoms with Crippen LogP contribution in [0.3, 0.4) is 0 Å². The average Bonchev–Trinajstić information content (AvgIpc) is 2.92. The zero-order valence-corrected chi connectivity index (χ0v) is 23.2. The number of methoxy groups -OCH3 is 3. The number of carbonyl (C=O) groups excluding carboxylic acids is 1. The van der Waals surface area contributed by atoms with Gasteiger partial charge in [0.05, 0.1) is 14.2 Å². The molecule has 1 heterocycles. The lowest BCUT2D eigenvalue weighted by atomic mass is 10.1. The third-order valence-electron chi connectivity index (χ3n) is 5.63. The number of benzene rings is 2. The first kappa shape index (κ1) is 28.6. The molecular formula is C27H33ClN4O4S. The number of hydrogen-bond donors (Lipinski definition) is 1. The van der Waals surface area contributed by atoms with E-state index in [9.17, 15) is 4.79 Å². The summed E-state index contributed by atoms with van der Waals surface area (Å²) in [7, 11) is 6.88. The highest BCUT2D eigenvalue weighted by atomic mass is 35.5. The largest absolute Gasteiger partial charge is 0.493 e. The molecule has 8 nitrogen and oxygen atoms in total. The van der Waals surface area contributed by atoms with Crippen molar-refractivity contribution < 1.29 is 19.0 Å². The Labute approximate surface area is 227 Å². The maximum atomic E-state index is 12.2. The third-order valence-corrected chi connectivity index (χ3v) is 6.74. The number of likely N-dealkylation sites (N-methyl/N-ethyl adjacent to an activating group) is 1. The van der Waals surface area contributed by atoms with E-state index in [1.54, 1.807) is 27.4 Å². The number of nitrogens with one attached hydrogen (secondary N) is 1. The molecule has 0 saturated carbocycles. The van der Waals surface area contributed by atoms with Gasteiger partial charge in [0.1, 0.15) is 11.0 Å². The molecule has 0 saturated heterocycles. The Morgan fingerprint density at radius 2 is 1.73 bits per heavy atom. The lowest BCUT2D eigenvalue weighted by molar-refractivity contribution is 0.0948. The van der Waals surface area contributed by atoms with E-state index in [2.05, 4.69) is 10.3 Å². The van der Waals surface area contributed by atoms with Crippen LogP contribution >= 0.6 is 23.4 Å². The molecule has 0 bridgehead atoms. The molecule has 0 unspecified atom stereocenters. The molecule has 0 radical (unpaired) electrons. The fourth-order valence-electron chi connectivity index (χ4n) is 3.51. The second kappa shape index (κ2) is 14.7. The van der Waals surface area contributed by atoms with Gasteiger partial charge in [-0.25, -0.2) is 9.97 Å². The van der Waals surface area contributed by atoms with Gasteiger partial charge in [-0.15, -0.1) is 0 Å². The molecule has 0 aliphatic heterocycles. The zero-order chi connectivity index (χ0) is 26.6. The van der Waals surface area contributed by atoms with Crippen molar-refractivity contribution in [1.82, 2.24) is 15.3 Å². The topological polar surface area (TPSA) is 85.8 Å². The van der Waals surface area contributed by atoms with Crippen LogP contribution in [-0.2, 0) is 16.9 Å². The number of nitrogens with zero attached hydrogens (tertiary/aromatic N) is 3. The minimum absolute atomic E-state index is 0.0887. The minimum Gasteiger partial charge on any atom is -0.493 e. The quantitative estimate of drug-likeness (QED) is 0.133. The molecule has 3 rings (SSSR count). The Kier molecular flexibility index (Phi) is 11.3. The molecule has 1 N–H and O–H groups in total. The van der Waals surface area contributed by atoms with Gasteiger partial charge in [-0.1, -0.05) is 41.6 Å². The normalized spacial score (nSPS) is 10.7. The number of amides is 1. The molecule has 0 aliphatic rings. The van der Waals surface area contributed by atoms with Gasteiger partial charge in [-0.3, -0.25) is 4.79 Å². The average molecular weight is 545 g/mol. The Bertz CT molecular complexity index is 1160. The lowest BCUT2D eigenvalue weighted by Crippen LogP contribution is -2.25. The fraction of sp³-hybridized carbons (Fsp3) is 0.370. The number of halogens is 1. The van der Waals surface area contributed by atoms with Gasteiger partial charge in [0.25, 0.3) is 5.91 Å². The summed E-state index contributed by atoms with van der Waals surface area (Å²) in [6.07, 6.45) is 1.58. The van der Waals surface area contributed by atoms with Gasteiger partial charge in [-0.2, -0.15) is 0 Å². The van der Waals surface area contributed by atoms with Crippen molar-refractivity contribution in [2.24, 2.45) is 0 Å². The van der Waals surface area contributed by atoms with Gasteiger partial charge in [0, 0.05) is 51.2 Å². The number of aromatic nitrogens is 2. The van der Waals surface area contributed by atoms with E-state index in [-0.39, 0.29) is 5.91 Å². The first-order valence-corrected chi connectivity index (χ1v) is 13.3. The predicted octanol–water partition coefficient (Wildman–Crippen LogP) is 4.88. The summed E-state index contributed by atoms with van der Waals surface area (Å²) in [6, 6.07) is 15.2. The smallest absolute Gasteiger partial charge is 0.251 e. The predicted molar refractivity (Wildman–Crippen MR) is 148 cm³/mol. The number of anilines is 1. The second-order valence-corrected chi connectivity index (χ2v) is 9.61. The van der Waals surface area contributed by atoms with Gasteiger partial charge < -0.3 is 24.4 Å². The first-order valence-electron chi connectivity index (χ1n) is 11.9. The Balaban J connectivity index is 1.55. The van der Waals surface area contributed by atoms with E-state index >= 15 is 0 Å². The number of rotatable bonds is 14. The molecule has 1 aromatic heterocycles. The minimum atomic E-state index is -0.0887. The summed E-state index contributed by atoms with van der Waals surface area (Å²) < 4.78 is 15.7. The SMILES string of the molecule is COCCCNC(=O)c1ccc(CSc2nc(Cl)cc(N(C)CCc3ccc(OC)c(OC)c3)n2)cc1. The highest BCUT2D eigenvalue weighted by molar-refractivity contribution is 7.98. The highest BCUT2D eigenvalue weighted by Gasteiger charge is 2.11. The standard InChI is InChI=1S/C27H33ClN4O4S/c1-32(14-12-19-8-11-22(35-3)23(16-19)36-4)25-17-24(28)30-27(31-25)37-18-20-6-9-21(10-7-20)26(33)29-13-5-15-34-2/h6-11,16-17H,5,12-15,18H2,1-4H3,(H,29,33). The fourth-order valence-corrected chi connectivity index (χ4v) is 4.55. The molecular weight excluding hydrogens is 512 g/mol. The molecule has 1 amide bonds. The number of carbonyl (C=O) groups is 1. The van der Waals surface area contributed by atoms with Crippen molar-refractivity contribution in [1.29, 1.82) is 0 Å². The highest BCUT2D eigenvalue weighted by Crippen LogP contribution is 2.28. The molecule has 0 atom stereocenters. The van der Waals surface area contributed by atoms with Crippen molar-refractivity contribution in [2.75, 3.05) is 53.0 Å². The summed E-state index contributed by atoms with van der Waals surface area (Å²) in [4.78, 5) is 23.3. The van der Waals surface area contributed by atoms with E-state index in [4.69, 9.17) is 30.8 Å². The summed E-state index contributed by atoms with van der Waals surface area (Å²) in [5, 5.41) is 3.88. The molecule has 0 spiro atoms. The van der Waals surface area contributed by atoms with E-state index in [0.717, 1.165) is 36.3 Å². The Morgan fingerprint density at radius 1 is 1.00 bits per heavy atom. The molecule has 2 aromatic carbocycles. The molecule has 0 aliphatic carbocycles. The summed E-state index contributed by atoms with van der Waals surface area (Å²) in [5.74, 6) is 2.74. The Hall–Kier alpha value is -3.01. The Morgan fingerprint density at radius 3 is 2.43 bits per heavy atom. The van der Waals surface area contributed by atoms with Gasteiger partial charge in [0.2, 0.25) is 0 Å². The molecule has 198 valence electrons. The van der Waals surface area contributed by atoms with Crippen molar-refractivity contribution in [2.45, 2.75) is 23.8 Å². The van der Waals surface area contributed by atoms with Gasteiger partial charge in [-0.05, 0) is 48.2 Å². The van der Waals surface area contributed by atoms with Crippen molar-refractivity contribution in [3.05, 3.63) is 70.4 Å². The van der Waals surface area contributed by atoms with Gasteiger partial charge in [0.15, 0.2) is 16.7 Å². The third kappa shape index (κ3) is 8.80. The van der Waals surface area contributed by atoms with Crippen LogP contribution in [0.1, 0.15) is 27.9 Å². The van der Waals surface area contributed by atoms with E-state index < -0.39 is 0 Å². The maximum absolute atomic E-state index is 12.2. The zero-order valence-electron chi connectivity index (χ0n) is 21.6. The second-order valence-electron chi connectivity index (χ2n) is 8.28. The monoisotopic (exact) mass is 544 g/mol. The van der Waals surface area contributed by atoms with Crippen LogP contribution < -0.4 is 19.7 Å². The van der Waals surface area contributed by atoms with E-state index in [1.165, 1.54) is 11.8 Å². The van der Waals surface area contributed by atoms with Crippen LogP contribution in [0, 0.1) is 0 Å². The van der Waals surface area contributed by atoms with Crippen LogP contribution in [0.15, 0.2) is 53.7 Å².